The van der Waals surface area contributed by atoms with Crippen molar-refractivity contribution in [3.8, 4) is 0 Å². The molecule has 0 saturated carbocycles. The van der Waals surface area contributed by atoms with Crippen LogP contribution in [-0.2, 0) is 11.3 Å². The minimum absolute atomic E-state index is 0.652. The molecule has 4 rings (SSSR count). The number of fused-ring (bicyclic) bond motifs is 4. The van der Waals surface area contributed by atoms with E-state index in [0.717, 1.165) is 18.7 Å². The van der Waals surface area contributed by atoms with Gasteiger partial charge in [0.15, 0.2) is 5.76 Å². The van der Waals surface area contributed by atoms with Gasteiger partial charge in [-0.05, 0) is 31.4 Å². The Morgan fingerprint density at radius 3 is 3.41 bits per heavy atom. The second kappa shape index (κ2) is 3.42. The van der Waals surface area contributed by atoms with Gasteiger partial charge in [-0.1, -0.05) is 6.08 Å². The monoisotopic (exact) mass is 228 g/mol. The molecule has 1 N–H and O–H groups in total. The average Bonchev–Trinajstić information content (AvgIpc) is 2.86. The number of piperidine rings is 1. The van der Waals surface area contributed by atoms with Crippen LogP contribution in [0.2, 0.25) is 0 Å². The molecule has 1 aromatic heterocycles. The fraction of sp³-hybridized carbons (Fsp3) is 0.429. The van der Waals surface area contributed by atoms with E-state index in [4.69, 9.17) is 4.74 Å². The van der Waals surface area contributed by atoms with Crippen LogP contribution >= 0.6 is 0 Å². The maximum absolute atomic E-state index is 5.96. The Balaban J connectivity index is 1.84. The quantitative estimate of drug-likeness (QED) is 0.738. The number of nitrogens with zero attached hydrogens (tertiary/aromatic N) is 1. The summed E-state index contributed by atoms with van der Waals surface area (Å²) in [5.41, 5.74) is 3.82. The molecular formula is C14H16N2O. The van der Waals surface area contributed by atoms with Gasteiger partial charge in [0.05, 0.1) is 17.1 Å². The van der Waals surface area contributed by atoms with Crippen LogP contribution in [0.1, 0.15) is 25.0 Å². The third-order valence-electron chi connectivity index (χ3n) is 3.98. The molecule has 88 valence electrons. The zero-order chi connectivity index (χ0) is 11.2. The molecule has 1 unspecified atom stereocenters. The predicted octanol–water partition coefficient (Wildman–Crippen LogP) is 2.47. The van der Waals surface area contributed by atoms with Crippen LogP contribution in [0.15, 0.2) is 35.9 Å². The maximum atomic E-state index is 5.96. The van der Waals surface area contributed by atoms with Gasteiger partial charge in [-0.2, -0.15) is 0 Å². The number of rotatable bonds is 0. The minimum atomic E-state index is 0.652. The lowest BCUT2D eigenvalue weighted by Gasteiger charge is -2.35. The fourth-order valence-electron chi connectivity index (χ4n) is 3.12. The molecule has 17 heavy (non-hydrogen) atoms. The molecular weight excluding hydrogens is 212 g/mol. The Morgan fingerprint density at radius 1 is 1.41 bits per heavy atom. The summed E-state index contributed by atoms with van der Waals surface area (Å²) in [5, 5.41) is 3.54. The Hall–Kier alpha value is -1.64. The maximum Gasteiger partial charge on any atom is 0.162 e. The zero-order valence-electron chi connectivity index (χ0n) is 9.78. The van der Waals surface area contributed by atoms with Crippen molar-refractivity contribution in [3.05, 3.63) is 41.6 Å². The molecule has 1 aliphatic carbocycles. The van der Waals surface area contributed by atoms with Crippen molar-refractivity contribution < 1.29 is 4.74 Å². The highest BCUT2D eigenvalue weighted by molar-refractivity contribution is 5.67. The van der Waals surface area contributed by atoms with Gasteiger partial charge >= 0.3 is 0 Å². The van der Waals surface area contributed by atoms with Crippen LogP contribution in [0.25, 0.3) is 5.70 Å². The molecule has 1 saturated heterocycles. The molecule has 3 nitrogen and oxygen atoms in total. The topological polar surface area (TPSA) is 26.2 Å². The van der Waals surface area contributed by atoms with Crippen molar-refractivity contribution >= 4 is 5.70 Å². The van der Waals surface area contributed by atoms with E-state index in [9.17, 15) is 0 Å². The summed E-state index contributed by atoms with van der Waals surface area (Å²) in [7, 11) is 0. The summed E-state index contributed by atoms with van der Waals surface area (Å²) >= 11 is 0. The lowest BCUT2D eigenvalue weighted by atomic mass is 9.87. The van der Waals surface area contributed by atoms with Gasteiger partial charge in [-0.15, -0.1) is 0 Å². The highest BCUT2D eigenvalue weighted by atomic mass is 16.5. The van der Waals surface area contributed by atoms with E-state index in [2.05, 4.69) is 34.3 Å². The minimum Gasteiger partial charge on any atom is -0.483 e. The number of allylic oxidation sites excluding steroid dienone is 3. The molecule has 3 heteroatoms. The largest absolute Gasteiger partial charge is 0.483 e. The molecule has 1 aromatic rings. The Kier molecular flexibility index (Phi) is 1.89. The molecule has 1 atom stereocenters. The molecule has 1 fully saturated rings. The van der Waals surface area contributed by atoms with Crippen molar-refractivity contribution in [1.29, 1.82) is 0 Å². The zero-order valence-corrected chi connectivity index (χ0v) is 9.78. The summed E-state index contributed by atoms with van der Waals surface area (Å²) < 4.78 is 8.23. The van der Waals surface area contributed by atoms with Crippen LogP contribution in [0.3, 0.4) is 0 Å². The summed E-state index contributed by atoms with van der Waals surface area (Å²) in [4.78, 5) is 0. The highest BCUT2D eigenvalue weighted by Crippen LogP contribution is 2.39. The second-order valence-corrected chi connectivity index (χ2v) is 4.99. The van der Waals surface area contributed by atoms with Crippen LogP contribution < -0.4 is 5.32 Å². The van der Waals surface area contributed by atoms with Gasteiger partial charge in [0.2, 0.25) is 0 Å². The van der Waals surface area contributed by atoms with Crippen molar-refractivity contribution in [2.24, 2.45) is 5.92 Å². The number of hydrogen-bond donors (Lipinski definition) is 1. The number of nitrogens with one attached hydrogen (secondary N) is 1. The molecule has 0 bridgehead atoms. The smallest absolute Gasteiger partial charge is 0.162 e. The van der Waals surface area contributed by atoms with Crippen molar-refractivity contribution in [2.45, 2.75) is 25.9 Å². The van der Waals surface area contributed by atoms with Crippen molar-refractivity contribution in [1.82, 2.24) is 9.88 Å². The molecule has 2 aliphatic heterocycles. The normalized spacial score (nSPS) is 26.1. The summed E-state index contributed by atoms with van der Waals surface area (Å²) in [5.74, 6) is 1.74. The van der Waals surface area contributed by atoms with E-state index in [0.29, 0.717) is 12.5 Å². The molecule has 0 spiro atoms. The first-order chi connectivity index (χ1) is 8.43. The SMILES string of the molecule is C1=C2C(=C3NCCCC3C1)OCc1cccn12. The van der Waals surface area contributed by atoms with Gasteiger partial charge in [-0.25, -0.2) is 0 Å². The van der Waals surface area contributed by atoms with Crippen molar-refractivity contribution in [2.75, 3.05) is 6.54 Å². The number of ether oxygens (including phenoxy) is 1. The molecule has 0 amide bonds. The van der Waals surface area contributed by atoms with Gasteiger partial charge in [-0.3, -0.25) is 0 Å². The lowest BCUT2D eigenvalue weighted by molar-refractivity contribution is 0.181. The third-order valence-corrected chi connectivity index (χ3v) is 3.98. The van der Waals surface area contributed by atoms with Crippen molar-refractivity contribution in [3.63, 3.8) is 0 Å². The molecule has 3 aliphatic rings. The first-order valence-corrected chi connectivity index (χ1v) is 6.41. The van der Waals surface area contributed by atoms with E-state index < -0.39 is 0 Å². The predicted molar refractivity (Wildman–Crippen MR) is 65.9 cm³/mol. The average molecular weight is 228 g/mol. The Labute approximate surface area is 101 Å². The fourth-order valence-corrected chi connectivity index (χ4v) is 3.12. The van der Waals surface area contributed by atoms with E-state index in [1.54, 1.807) is 0 Å². The van der Waals surface area contributed by atoms with E-state index in [1.165, 1.54) is 29.9 Å². The van der Waals surface area contributed by atoms with Crippen LogP contribution in [0.5, 0.6) is 0 Å². The first kappa shape index (κ1) is 9.40. The summed E-state index contributed by atoms with van der Waals surface area (Å²) in [6.07, 6.45) is 8.17. The summed E-state index contributed by atoms with van der Waals surface area (Å²) in [6, 6.07) is 4.22. The van der Waals surface area contributed by atoms with Crippen LogP contribution in [0.4, 0.5) is 0 Å². The third kappa shape index (κ3) is 1.28. The standard InChI is InChI=1S/C14H16N2O/c1-3-10-5-6-12-14(13(10)15-7-1)17-9-11-4-2-8-16(11)12/h2,4,6,8,10,15H,1,3,5,7,9H2. The summed E-state index contributed by atoms with van der Waals surface area (Å²) in [6.45, 7) is 1.78. The van der Waals surface area contributed by atoms with E-state index in [-0.39, 0.29) is 0 Å². The highest BCUT2D eigenvalue weighted by Gasteiger charge is 2.31. The lowest BCUT2D eigenvalue weighted by Crippen LogP contribution is -2.33. The Bertz CT molecular complexity index is 524. The van der Waals surface area contributed by atoms with E-state index in [1.807, 2.05) is 0 Å². The number of aromatic nitrogens is 1. The molecule has 3 heterocycles. The van der Waals surface area contributed by atoms with Gasteiger partial charge in [0.25, 0.3) is 0 Å². The number of hydrogen-bond acceptors (Lipinski definition) is 2. The van der Waals surface area contributed by atoms with Crippen LogP contribution in [-0.4, -0.2) is 11.1 Å². The van der Waals surface area contributed by atoms with Gasteiger partial charge < -0.3 is 14.6 Å². The Morgan fingerprint density at radius 2 is 2.41 bits per heavy atom. The molecule has 0 aromatic carbocycles. The molecule has 0 radical (unpaired) electrons. The van der Waals surface area contributed by atoms with Gasteiger partial charge in [0, 0.05) is 18.7 Å². The second-order valence-electron chi connectivity index (χ2n) is 4.99. The first-order valence-electron chi connectivity index (χ1n) is 6.41. The van der Waals surface area contributed by atoms with E-state index >= 15 is 0 Å². The van der Waals surface area contributed by atoms with Crippen LogP contribution in [0, 0.1) is 5.92 Å². The van der Waals surface area contributed by atoms with Gasteiger partial charge in [0.1, 0.15) is 6.61 Å².